The summed E-state index contributed by atoms with van der Waals surface area (Å²) in [7, 11) is 0. The maximum Gasteiger partial charge on any atom is 0.0484 e. The van der Waals surface area contributed by atoms with Crippen LogP contribution in [0.2, 0.25) is 0 Å². The normalized spacial score (nSPS) is 12.8. The Morgan fingerprint density at radius 1 is 1.62 bits per heavy atom. The van der Waals surface area contributed by atoms with Gasteiger partial charge in [-0.15, -0.1) is 0 Å². The van der Waals surface area contributed by atoms with Crippen LogP contribution >= 0.6 is 0 Å². The summed E-state index contributed by atoms with van der Waals surface area (Å²) in [6, 6.07) is 0. The average Bonchev–Trinajstić information content (AvgIpc) is 1.67. The molecule has 0 aliphatic carbocycles. The monoisotopic (exact) mass is 115 g/mol. The Labute approximate surface area is 51.7 Å². The Kier molecular flexibility index (Phi) is 2.48. The minimum Gasteiger partial charge on any atom is -0.396 e. The van der Waals surface area contributed by atoms with E-state index in [4.69, 9.17) is 5.11 Å². The molecule has 0 amide bonds. The summed E-state index contributed by atoms with van der Waals surface area (Å²) in [5, 5.41) is 8.72. The Hall–Kier alpha value is -0.0400. The van der Waals surface area contributed by atoms with Gasteiger partial charge >= 0.3 is 0 Å². The molecule has 0 aromatic heterocycles. The topological polar surface area (TPSA) is 20.2 Å². The Bertz CT molecular complexity index is 64.8. The third-order valence-electron chi connectivity index (χ3n) is 1.74. The van der Waals surface area contributed by atoms with Gasteiger partial charge in [-0.3, -0.25) is 0 Å². The first-order valence-electron chi connectivity index (χ1n) is 2.94. The van der Waals surface area contributed by atoms with E-state index in [9.17, 15) is 0 Å². The molecule has 1 unspecified atom stereocenters. The van der Waals surface area contributed by atoms with Crippen molar-refractivity contribution in [3.05, 3.63) is 6.92 Å². The first kappa shape index (κ1) is 7.96. The van der Waals surface area contributed by atoms with Crippen molar-refractivity contribution in [2.45, 2.75) is 20.8 Å². The lowest BCUT2D eigenvalue weighted by atomic mass is 9.82. The van der Waals surface area contributed by atoms with Crippen molar-refractivity contribution >= 4 is 0 Å². The molecule has 8 heavy (non-hydrogen) atoms. The summed E-state index contributed by atoms with van der Waals surface area (Å²) in [4.78, 5) is 0. The molecule has 0 aliphatic rings. The van der Waals surface area contributed by atoms with Gasteiger partial charge in [0, 0.05) is 6.61 Å². The Morgan fingerprint density at radius 2 is 2.00 bits per heavy atom. The molecular formula is C7H15O. The van der Waals surface area contributed by atoms with Gasteiger partial charge in [-0.25, -0.2) is 0 Å². The lowest BCUT2D eigenvalue weighted by molar-refractivity contribution is 0.124. The Morgan fingerprint density at radius 3 is 2.00 bits per heavy atom. The molecule has 0 rings (SSSR count). The van der Waals surface area contributed by atoms with Crippen molar-refractivity contribution in [2.75, 3.05) is 6.61 Å². The van der Waals surface area contributed by atoms with E-state index in [1.54, 1.807) is 0 Å². The maximum atomic E-state index is 8.72. The summed E-state index contributed by atoms with van der Waals surface area (Å²) >= 11 is 0. The third-order valence-corrected chi connectivity index (χ3v) is 1.74. The molecule has 0 fully saturated rings. The van der Waals surface area contributed by atoms with Crippen molar-refractivity contribution in [1.29, 1.82) is 0 Å². The van der Waals surface area contributed by atoms with Crippen LogP contribution in [0.25, 0.3) is 0 Å². The quantitative estimate of drug-likeness (QED) is 0.578. The van der Waals surface area contributed by atoms with E-state index in [2.05, 4.69) is 6.92 Å². The molecule has 0 aliphatic heterocycles. The van der Waals surface area contributed by atoms with Gasteiger partial charge in [0.05, 0.1) is 0 Å². The van der Waals surface area contributed by atoms with Crippen molar-refractivity contribution in [3.8, 4) is 0 Å². The first-order chi connectivity index (χ1) is 3.50. The first-order valence-corrected chi connectivity index (χ1v) is 2.94. The van der Waals surface area contributed by atoms with Gasteiger partial charge in [-0.1, -0.05) is 20.8 Å². The lowest BCUT2D eigenvalue weighted by Crippen LogP contribution is -2.23. The summed E-state index contributed by atoms with van der Waals surface area (Å²) in [5.74, 6) is 0.312. The highest BCUT2D eigenvalue weighted by Gasteiger charge is 2.20. The number of hydrogen-bond donors (Lipinski definition) is 1. The molecule has 0 aromatic carbocycles. The zero-order valence-corrected chi connectivity index (χ0v) is 5.94. The Balaban J connectivity index is 3.71. The molecule has 0 bridgehead atoms. The van der Waals surface area contributed by atoms with Gasteiger partial charge < -0.3 is 5.11 Å². The second-order valence-corrected chi connectivity index (χ2v) is 3.05. The molecule has 1 nitrogen and oxygen atoms in total. The second kappa shape index (κ2) is 2.49. The fraction of sp³-hybridized carbons (Fsp3) is 0.857. The van der Waals surface area contributed by atoms with E-state index in [1.807, 2.05) is 20.8 Å². The zero-order valence-electron chi connectivity index (χ0n) is 5.94. The van der Waals surface area contributed by atoms with Gasteiger partial charge in [0.25, 0.3) is 0 Å². The molecule has 1 N–H and O–H groups in total. The predicted octanol–water partition coefficient (Wildman–Crippen LogP) is 1.48. The molecule has 1 atom stereocenters. The van der Waals surface area contributed by atoms with Gasteiger partial charge in [0.1, 0.15) is 0 Å². The highest BCUT2D eigenvalue weighted by atomic mass is 16.3. The minimum atomic E-state index is -0.0139. The van der Waals surface area contributed by atoms with Crippen LogP contribution < -0.4 is 0 Å². The number of aliphatic hydroxyl groups is 1. The average molecular weight is 115 g/mol. The van der Waals surface area contributed by atoms with Crippen LogP contribution in [0.3, 0.4) is 0 Å². The van der Waals surface area contributed by atoms with Crippen LogP contribution in [0.4, 0.5) is 0 Å². The van der Waals surface area contributed by atoms with Crippen LogP contribution in [0.5, 0.6) is 0 Å². The summed E-state index contributed by atoms with van der Waals surface area (Å²) in [5.41, 5.74) is -0.0139. The zero-order chi connectivity index (χ0) is 6.78. The van der Waals surface area contributed by atoms with Crippen molar-refractivity contribution in [3.63, 3.8) is 0 Å². The third kappa shape index (κ3) is 1.83. The molecule has 0 saturated heterocycles. The highest BCUT2D eigenvalue weighted by Crippen LogP contribution is 2.23. The second-order valence-electron chi connectivity index (χ2n) is 3.05. The van der Waals surface area contributed by atoms with Gasteiger partial charge in [0.15, 0.2) is 0 Å². The fourth-order valence-corrected chi connectivity index (χ4v) is 0.156. The van der Waals surface area contributed by atoms with Crippen LogP contribution in [0, 0.1) is 18.3 Å². The van der Waals surface area contributed by atoms with Crippen LogP contribution in [-0.2, 0) is 0 Å². The van der Waals surface area contributed by atoms with Crippen LogP contribution in [-0.4, -0.2) is 11.7 Å². The lowest BCUT2D eigenvalue weighted by Gasteiger charge is -2.25. The number of hydrogen-bond acceptors (Lipinski definition) is 1. The molecular weight excluding hydrogens is 100 g/mol. The van der Waals surface area contributed by atoms with Crippen molar-refractivity contribution in [1.82, 2.24) is 0 Å². The molecule has 0 heterocycles. The fourth-order valence-electron chi connectivity index (χ4n) is 0.156. The molecule has 0 aromatic rings. The number of aliphatic hydroxyl groups excluding tert-OH is 1. The van der Waals surface area contributed by atoms with Crippen molar-refractivity contribution in [2.24, 2.45) is 11.3 Å². The smallest absolute Gasteiger partial charge is 0.0484 e. The van der Waals surface area contributed by atoms with E-state index in [0.717, 1.165) is 0 Å². The summed E-state index contributed by atoms with van der Waals surface area (Å²) < 4.78 is 0. The van der Waals surface area contributed by atoms with E-state index in [0.29, 0.717) is 5.92 Å². The number of rotatable bonds is 2. The predicted molar refractivity (Wildman–Crippen MR) is 35.4 cm³/mol. The molecule has 1 radical (unpaired) electrons. The van der Waals surface area contributed by atoms with Gasteiger partial charge in [0.2, 0.25) is 0 Å². The van der Waals surface area contributed by atoms with Gasteiger partial charge in [-0.2, -0.15) is 0 Å². The summed E-state index contributed by atoms with van der Waals surface area (Å²) in [6.45, 7) is 10.1. The highest BCUT2D eigenvalue weighted by molar-refractivity contribution is 4.74. The largest absolute Gasteiger partial charge is 0.396 e. The van der Waals surface area contributed by atoms with Crippen LogP contribution in [0.1, 0.15) is 20.8 Å². The molecule has 1 heteroatoms. The minimum absolute atomic E-state index is 0.0139. The van der Waals surface area contributed by atoms with Gasteiger partial charge in [-0.05, 0) is 18.3 Å². The molecule has 0 saturated carbocycles. The van der Waals surface area contributed by atoms with Crippen LogP contribution in [0.15, 0.2) is 0 Å². The van der Waals surface area contributed by atoms with E-state index < -0.39 is 0 Å². The van der Waals surface area contributed by atoms with E-state index >= 15 is 0 Å². The standard InChI is InChI=1S/C7H15O/c1-6(2)7(3,4)5-8/h6,8H,1,5H2,2-4H3. The van der Waals surface area contributed by atoms with E-state index in [1.165, 1.54) is 0 Å². The van der Waals surface area contributed by atoms with Crippen molar-refractivity contribution < 1.29 is 5.11 Å². The molecule has 49 valence electrons. The maximum absolute atomic E-state index is 8.72. The van der Waals surface area contributed by atoms with E-state index in [-0.39, 0.29) is 12.0 Å². The SMILES string of the molecule is [CH2]C(C)C(C)(C)CO. The summed E-state index contributed by atoms with van der Waals surface area (Å²) in [6.07, 6.45) is 0. The molecule has 0 spiro atoms.